The second-order valence-corrected chi connectivity index (χ2v) is 3.80. The van der Waals surface area contributed by atoms with Crippen LogP contribution in [-0.2, 0) is 0 Å². The average Bonchev–Trinajstić information content (AvgIpc) is 2.92. The monoisotopic (exact) mass is 255 g/mol. The first-order chi connectivity index (χ1) is 9.25. The highest BCUT2D eigenvalue weighted by molar-refractivity contribution is 6.02. The van der Waals surface area contributed by atoms with E-state index >= 15 is 0 Å². The van der Waals surface area contributed by atoms with Crippen LogP contribution in [0.3, 0.4) is 0 Å². The van der Waals surface area contributed by atoms with Crippen LogP contribution in [0.15, 0.2) is 47.8 Å². The Morgan fingerprint density at radius 2 is 2.21 bits per heavy atom. The zero-order valence-electron chi connectivity index (χ0n) is 9.70. The van der Waals surface area contributed by atoms with Crippen molar-refractivity contribution in [3.63, 3.8) is 0 Å². The van der Waals surface area contributed by atoms with E-state index in [0.29, 0.717) is 5.65 Å². The van der Waals surface area contributed by atoms with Crippen LogP contribution >= 0.6 is 0 Å². The summed E-state index contributed by atoms with van der Waals surface area (Å²) in [6.07, 6.45) is 5.90. The number of nitrogens with zero attached hydrogens (tertiary/aromatic N) is 3. The number of aromatic nitrogens is 4. The summed E-state index contributed by atoms with van der Waals surface area (Å²) < 4.78 is 1.32. The Hall–Kier alpha value is -2.96. The van der Waals surface area contributed by atoms with Crippen LogP contribution in [0.2, 0.25) is 0 Å². The summed E-state index contributed by atoms with van der Waals surface area (Å²) in [4.78, 5) is 34.7. The smallest absolute Gasteiger partial charge is 0.270 e. The third-order valence-electron chi connectivity index (χ3n) is 2.59. The van der Waals surface area contributed by atoms with Gasteiger partial charge in [0.05, 0.1) is 0 Å². The lowest BCUT2D eigenvalue weighted by Gasteiger charge is -2.03. The van der Waals surface area contributed by atoms with E-state index in [4.69, 9.17) is 0 Å². The number of pyridine rings is 1. The molecule has 0 saturated carbocycles. The highest BCUT2D eigenvalue weighted by atomic mass is 16.2. The topological polar surface area (TPSA) is 92.2 Å². The van der Waals surface area contributed by atoms with E-state index in [1.807, 2.05) is 0 Å². The number of H-pyrrole nitrogens is 1. The second-order valence-electron chi connectivity index (χ2n) is 3.80. The van der Waals surface area contributed by atoms with E-state index in [-0.39, 0.29) is 11.5 Å². The third kappa shape index (κ3) is 1.97. The first-order valence-corrected chi connectivity index (χ1v) is 5.53. The number of hydrogen-bond acceptors (Lipinski definition) is 4. The Morgan fingerprint density at radius 3 is 3.00 bits per heavy atom. The van der Waals surface area contributed by atoms with Crippen LogP contribution in [-0.4, -0.2) is 25.3 Å². The van der Waals surface area contributed by atoms with Gasteiger partial charge in [-0.2, -0.15) is 0 Å². The van der Waals surface area contributed by atoms with Crippen molar-refractivity contribution in [2.75, 3.05) is 5.32 Å². The number of imidazole rings is 1. The lowest BCUT2D eigenvalue weighted by atomic mass is 10.3. The Kier molecular flexibility index (Phi) is 2.57. The number of amides is 1. The maximum atomic E-state index is 12.1. The lowest BCUT2D eigenvalue weighted by Crippen LogP contribution is -2.26. The molecule has 3 rings (SSSR count). The van der Waals surface area contributed by atoms with Crippen LogP contribution in [0.25, 0.3) is 5.65 Å². The second kappa shape index (κ2) is 4.37. The molecular formula is C12H9N5O2. The van der Waals surface area contributed by atoms with E-state index in [9.17, 15) is 9.59 Å². The highest BCUT2D eigenvalue weighted by Crippen LogP contribution is 2.01. The largest absolute Gasteiger partial charge is 0.331 e. The van der Waals surface area contributed by atoms with Gasteiger partial charge in [0.25, 0.3) is 11.5 Å². The summed E-state index contributed by atoms with van der Waals surface area (Å²) in [6, 6.07) is 5.16. The van der Waals surface area contributed by atoms with Crippen molar-refractivity contribution in [1.29, 1.82) is 0 Å². The van der Waals surface area contributed by atoms with Crippen LogP contribution in [0, 0.1) is 0 Å². The van der Waals surface area contributed by atoms with Gasteiger partial charge in [-0.25, -0.2) is 9.97 Å². The van der Waals surface area contributed by atoms with Crippen molar-refractivity contribution in [2.24, 2.45) is 0 Å². The number of carbonyl (C=O) groups is 1. The van der Waals surface area contributed by atoms with Gasteiger partial charge in [-0.15, -0.1) is 0 Å². The van der Waals surface area contributed by atoms with Crippen LogP contribution in [0.1, 0.15) is 10.4 Å². The van der Waals surface area contributed by atoms with Crippen LogP contribution in [0.5, 0.6) is 0 Å². The third-order valence-corrected chi connectivity index (χ3v) is 2.59. The maximum Gasteiger partial charge on any atom is 0.270 e. The first-order valence-electron chi connectivity index (χ1n) is 5.53. The molecule has 3 heterocycles. The number of aromatic amines is 1. The van der Waals surface area contributed by atoms with Crippen molar-refractivity contribution < 1.29 is 4.79 Å². The molecule has 0 aromatic carbocycles. The van der Waals surface area contributed by atoms with Gasteiger partial charge >= 0.3 is 0 Å². The summed E-state index contributed by atoms with van der Waals surface area (Å²) in [5.41, 5.74) is 0.0248. The van der Waals surface area contributed by atoms with Gasteiger partial charge in [-0.3, -0.25) is 19.3 Å². The molecule has 7 nitrogen and oxygen atoms in total. The van der Waals surface area contributed by atoms with Crippen molar-refractivity contribution in [1.82, 2.24) is 19.4 Å². The molecule has 0 radical (unpaired) electrons. The average molecular weight is 255 g/mol. The molecule has 1 amide bonds. The molecular weight excluding hydrogens is 246 g/mol. The molecule has 0 aliphatic carbocycles. The highest BCUT2D eigenvalue weighted by Gasteiger charge is 2.13. The van der Waals surface area contributed by atoms with Crippen molar-refractivity contribution in [3.8, 4) is 0 Å². The minimum absolute atomic E-state index is 0.0416. The number of rotatable bonds is 2. The van der Waals surface area contributed by atoms with Crippen molar-refractivity contribution >= 4 is 17.5 Å². The SMILES string of the molecule is O=C(Nc1ncc[nH]1)c1cnc2ccccn2c1=O. The Morgan fingerprint density at radius 1 is 1.32 bits per heavy atom. The molecule has 0 saturated heterocycles. The van der Waals surface area contributed by atoms with Gasteiger partial charge in [0.15, 0.2) is 0 Å². The standard InChI is InChI=1S/C12H9N5O2/c18-10(16-12-13-4-5-14-12)8-7-15-9-3-1-2-6-17(9)11(8)19/h1-7H,(H2,13,14,16,18). The van der Waals surface area contributed by atoms with E-state index in [1.165, 1.54) is 16.8 Å². The van der Waals surface area contributed by atoms with E-state index in [1.54, 1.807) is 30.6 Å². The number of carbonyl (C=O) groups excluding carboxylic acids is 1. The summed E-state index contributed by atoms with van der Waals surface area (Å²) >= 11 is 0. The number of anilines is 1. The van der Waals surface area contributed by atoms with E-state index in [2.05, 4.69) is 20.3 Å². The minimum Gasteiger partial charge on any atom is -0.331 e. The predicted octanol–water partition coefficient (Wildman–Crippen LogP) is 0.670. The van der Waals surface area contributed by atoms with Gasteiger partial charge in [-0.1, -0.05) is 6.07 Å². The summed E-state index contributed by atoms with van der Waals surface area (Å²) in [5, 5.41) is 2.48. The summed E-state index contributed by atoms with van der Waals surface area (Å²) in [7, 11) is 0. The molecule has 19 heavy (non-hydrogen) atoms. The molecule has 0 atom stereocenters. The molecule has 0 unspecified atom stereocenters. The zero-order valence-corrected chi connectivity index (χ0v) is 9.70. The van der Waals surface area contributed by atoms with Gasteiger partial charge < -0.3 is 4.98 Å². The number of fused-ring (bicyclic) bond motifs is 1. The Bertz CT molecular complexity index is 791. The fourth-order valence-corrected chi connectivity index (χ4v) is 1.69. The Balaban J connectivity index is 2.03. The molecule has 3 aromatic rings. The normalized spacial score (nSPS) is 10.5. The fraction of sp³-hybridized carbons (Fsp3) is 0. The van der Waals surface area contributed by atoms with Crippen molar-refractivity contribution in [2.45, 2.75) is 0 Å². The predicted molar refractivity (Wildman–Crippen MR) is 68.0 cm³/mol. The summed E-state index contributed by atoms with van der Waals surface area (Å²) in [6.45, 7) is 0. The molecule has 3 aromatic heterocycles. The molecule has 94 valence electrons. The minimum atomic E-state index is -0.550. The molecule has 7 heteroatoms. The van der Waals surface area contributed by atoms with Gasteiger partial charge in [0.2, 0.25) is 5.95 Å². The van der Waals surface area contributed by atoms with Gasteiger partial charge in [-0.05, 0) is 12.1 Å². The van der Waals surface area contributed by atoms with Crippen LogP contribution in [0.4, 0.5) is 5.95 Å². The first kappa shape index (κ1) is 11.1. The quantitative estimate of drug-likeness (QED) is 0.704. The number of nitrogens with one attached hydrogen (secondary N) is 2. The van der Waals surface area contributed by atoms with E-state index in [0.717, 1.165) is 0 Å². The zero-order chi connectivity index (χ0) is 13.2. The molecule has 0 spiro atoms. The Labute approximate surface area is 107 Å². The molecule has 0 fully saturated rings. The van der Waals surface area contributed by atoms with Gasteiger partial charge in [0.1, 0.15) is 11.2 Å². The van der Waals surface area contributed by atoms with Crippen LogP contribution < -0.4 is 10.9 Å². The van der Waals surface area contributed by atoms with Crippen molar-refractivity contribution in [3.05, 3.63) is 58.9 Å². The molecule has 0 aliphatic heterocycles. The fourth-order valence-electron chi connectivity index (χ4n) is 1.69. The van der Waals surface area contributed by atoms with E-state index < -0.39 is 11.5 Å². The molecule has 2 N–H and O–H groups in total. The summed E-state index contributed by atoms with van der Waals surface area (Å²) in [5.74, 6) is -0.270. The molecule has 0 bridgehead atoms. The number of hydrogen-bond donors (Lipinski definition) is 2. The maximum absolute atomic E-state index is 12.1. The van der Waals surface area contributed by atoms with Gasteiger partial charge in [0, 0.05) is 24.8 Å². The lowest BCUT2D eigenvalue weighted by molar-refractivity contribution is 0.102. The molecule has 0 aliphatic rings.